The molecule has 0 fully saturated rings. The van der Waals surface area contributed by atoms with Crippen molar-refractivity contribution in [1.29, 1.82) is 0 Å². The molecule has 0 spiro atoms. The minimum atomic E-state index is -0.168. The van der Waals surface area contributed by atoms with Crippen LogP contribution >= 0.6 is 0 Å². The molecule has 2 N–H and O–H groups in total. The predicted molar refractivity (Wildman–Crippen MR) is 74.5 cm³/mol. The molecule has 4 nitrogen and oxygen atoms in total. The van der Waals surface area contributed by atoms with E-state index in [1.54, 1.807) is 12.4 Å². The number of nitrogens with zero attached hydrogens (tertiary/aromatic N) is 1. The van der Waals surface area contributed by atoms with Gasteiger partial charge in [0, 0.05) is 25.5 Å². The van der Waals surface area contributed by atoms with E-state index < -0.39 is 0 Å². The second-order valence-corrected chi connectivity index (χ2v) is 4.38. The Morgan fingerprint density at radius 2 is 1.74 bits per heavy atom. The van der Waals surface area contributed by atoms with Gasteiger partial charge in [-0.15, -0.1) is 0 Å². The fourth-order valence-corrected chi connectivity index (χ4v) is 1.75. The molecule has 4 heteroatoms. The van der Waals surface area contributed by atoms with Crippen molar-refractivity contribution < 1.29 is 4.79 Å². The van der Waals surface area contributed by atoms with Crippen molar-refractivity contribution >= 4 is 6.03 Å². The lowest BCUT2D eigenvalue weighted by Crippen LogP contribution is -2.34. The van der Waals surface area contributed by atoms with Crippen molar-refractivity contribution in [1.82, 2.24) is 15.6 Å². The molecular formula is C15H17N3O. The number of pyridine rings is 1. The van der Waals surface area contributed by atoms with Crippen molar-refractivity contribution in [2.75, 3.05) is 0 Å². The van der Waals surface area contributed by atoms with Crippen LogP contribution in [0.2, 0.25) is 0 Å². The third kappa shape index (κ3) is 4.43. The highest BCUT2D eigenvalue weighted by Gasteiger charge is 2.00. The summed E-state index contributed by atoms with van der Waals surface area (Å²) in [7, 11) is 0. The predicted octanol–water partition coefficient (Wildman–Crippen LogP) is 2.39. The lowest BCUT2D eigenvalue weighted by molar-refractivity contribution is 0.240. The average molecular weight is 255 g/mol. The molecule has 2 aromatic rings. The summed E-state index contributed by atoms with van der Waals surface area (Å²) in [5.41, 5.74) is 3.32. The van der Waals surface area contributed by atoms with Gasteiger partial charge in [0.1, 0.15) is 0 Å². The highest BCUT2D eigenvalue weighted by molar-refractivity contribution is 5.73. The molecule has 2 amide bonds. The van der Waals surface area contributed by atoms with Crippen LogP contribution in [0.25, 0.3) is 0 Å². The molecule has 0 atom stereocenters. The standard InChI is InChI=1S/C15H17N3O/c1-12-3-2-4-14(9-12)11-18-15(19)17-10-13-5-7-16-8-6-13/h2-9H,10-11H2,1H3,(H2,17,18,19). The van der Waals surface area contributed by atoms with E-state index in [9.17, 15) is 4.79 Å². The first kappa shape index (κ1) is 13.1. The summed E-state index contributed by atoms with van der Waals surface area (Å²) < 4.78 is 0. The van der Waals surface area contributed by atoms with E-state index in [0.29, 0.717) is 13.1 Å². The maximum atomic E-state index is 11.6. The fourth-order valence-electron chi connectivity index (χ4n) is 1.75. The largest absolute Gasteiger partial charge is 0.334 e. The van der Waals surface area contributed by atoms with Crippen LogP contribution in [0.4, 0.5) is 4.79 Å². The molecular weight excluding hydrogens is 238 g/mol. The van der Waals surface area contributed by atoms with Gasteiger partial charge in [-0.2, -0.15) is 0 Å². The van der Waals surface area contributed by atoms with E-state index in [0.717, 1.165) is 11.1 Å². The van der Waals surface area contributed by atoms with Crippen molar-refractivity contribution in [3.8, 4) is 0 Å². The van der Waals surface area contributed by atoms with E-state index in [1.807, 2.05) is 37.3 Å². The molecule has 0 bridgehead atoms. The van der Waals surface area contributed by atoms with Crippen LogP contribution in [0.1, 0.15) is 16.7 Å². The first-order valence-electron chi connectivity index (χ1n) is 6.20. The van der Waals surface area contributed by atoms with Crippen molar-refractivity contribution in [2.45, 2.75) is 20.0 Å². The third-order valence-corrected chi connectivity index (χ3v) is 2.74. The van der Waals surface area contributed by atoms with Crippen molar-refractivity contribution in [3.05, 3.63) is 65.5 Å². The van der Waals surface area contributed by atoms with Gasteiger partial charge in [0.2, 0.25) is 0 Å². The number of aromatic nitrogens is 1. The molecule has 2 rings (SSSR count). The van der Waals surface area contributed by atoms with Crippen LogP contribution < -0.4 is 10.6 Å². The molecule has 0 radical (unpaired) electrons. The number of carbonyl (C=O) groups excluding carboxylic acids is 1. The summed E-state index contributed by atoms with van der Waals surface area (Å²) in [6.45, 7) is 3.07. The molecule has 0 aliphatic rings. The number of carbonyl (C=O) groups is 1. The third-order valence-electron chi connectivity index (χ3n) is 2.74. The number of hydrogen-bond donors (Lipinski definition) is 2. The molecule has 1 aromatic carbocycles. The Morgan fingerprint density at radius 1 is 1.05 bits per heavy atom. The van der Waals surface area contributed by atoms with Crippen LogP contribution in [0, 0.1) is 6.92 Å². The Labute approximate surface area is 112 Å². The highest BCUT2D eigenvalue weighted by atomic mass is 16.2. The first-order chi connectivity index (χ1) is 9.24. The minimum absolute atomic E-state index is 0.168. The van der Waals surface area contributed by atoms with Gasteiger partial charge in [-0.25, -0.2) is 4.79 Å². The Balaban J connectivity index is 1.76. The van der Waals surface area contributed by atoms with Gasteiger partial charge in [-0.1, -0.05) is 29.8 Å². The average Bonchev–Trinajstić information content (AvgIpc) is 2.44. The molecule has 0 aliphatic carbocycles. The quantitative estimate of drug-likeness (QED) is 0.881. The van der Waals surface area contributed by atoms with E-state index in [4.69, 9.17) is 0 Å². The molecule has 1 aromatic heterocycles. The van der Waals surface area contributed by atoms with Gasteiger partial charge in [-0.3, -0.25) is 4.98 Å². The minimum Gasteiger partial charge on any atom is -0.334 e. The van der Waals surface area contributed by atoms with Crippen molar-refractivity contribution in [2.24, 2.45) is 0 Å². The van der Waals surface area contributed by atoms with E-state index in [1.165, 1.54) is 5.56 Å². The molecule has 0 aliphatic heterocycles. The SMILES string of the molecule is Cc1cccc(CNC(=O)NCc2ccncc2)c1. The number of urea groups is 1. The Hall–Kier alpha value is -2.36. The summed E-state index contributed by atoms with van der Waals surface area (Å²) in [5, 5.41) is 5.64. The molecule has 0 saturated carbocycles. The summed E-state index contributed by atoms with van der Waals surface area (Å²) in [5.74, 6) is 0. The maximum absolute atomic E-state index is 11.6. The van der Waals surface area contributed by atoms with Crippen LogP contribution in [0.3, 0.4) is 0 Å². The maximum Gasteiger partial charge on any atom is 0.315 e. The molecule has 19 heavy (non-hydrogen) atoms. The van der Waals surface area contributed by atoms with E-state index in [-0.39, 0.29) is 6.03 Å². The normalized spacial score (nSPS) is 9.95. The number of benzene rings is 1. The zero-order chi connectivity index (χ0) is 13.5. The van der Waals surface area contributed by atoms with Gasteiger partial charge < -0.3 is 10.6 Å². The Morgan fingerprint density at radius 3 is 2.42 bits per heavy atom. The van der Waals surface area contributed by atoms with Crippen LogP contribution in [-0.4, -0.2) is 11.0 Å². The monoisotopic (exact) mass is 255 g/mol. The smallest absolute Gasteiger partial charge is 0.315 e. The van der Waals surface area contributed by atoms with E-state index >= 15 is 0 Å². The Kier molecular flexibility index (Phi) is 4.50. The van der Waals surface area contributed by atoms with Gasteiger partial charge in [0.25, 0.3) is 0 Å². The van der Waals surface area contributed by atoms with Gasteiger partial charge in [0.05, 0.1) is 0 Å². The zero-order valence-corrected chi connectivity index (χ0v) is 10.9. The molecule has 0 saturated heterocycles. The lowest BCUT2D eigenvalue weighted by atomic mass is 10.1. The Bertz CT molecular complexity index is 540. The van der Waals surface area contributed by atoms with Crippen LogP contribution in [-0.2, 0) is 13.1 Å². The summed E-state index contributed by atoms with van der Waals surface area (Å²) in [6, 6.07) is 11.7. The highest BCUT2D eigenvalue weighted by Crippen LogP contribution is 2.03. The first-order valence-corrected chi connectivity index (χ1v) is 6.20. The number of nitrogens with one attached hydrogen (secondary N) is 2. The number of amides is 2. The van der Waals surface area contributed by atoms with Gasteiger partial charge >= 0.3 is 6.03 Å². The summed E-state index contributed by atoms with van der Waals surface area (Å²) in [6.07, 6.45) is 3.42. The van der Waals surface area contributed by atoms with Crippen LogP contribution in [0.15, 0.2) is 48.8 Å². The number of rotatable bonds is 4. The molecule has 1 heterocycles. The zero-order valence-electron chi connectivity index (χ0n) is 10.9. The van der Waals surface area contributed by atoms with Gasteiger partial charge in [-0.05, 0) is 30.2 Å². The van der Waals surface area contributed by atoms with Crippen molar-refractivity contribution in [3.63, 3.8) is 0 Å². The molecule has 98 valence electrons. The second kappa shape index (κ2) is 6.54. The lowest BCUT2D eigenvalue weighted by Gasteiger charge is -2.08. The van der Waals surface area contributed by atoms with E-state index in [2.05, 4.69) is 21.7 Å². The van der Waals surface area contributed by atoms with Gasteiger partial charge in [0.15, 0.2) is 0 Å². The van der Waals surface area contributed by atoms with Crippen LogP contribution in [0.5, 0.6) is 0 Å². The molecule has 0 unspecified atom stereocenters. The summed E-state index contributed by atoms with van der Waals surface area (Å²) >= 11 is 0. The number of hydrogen-bond acceptors (Lipinski definition) is 2. The topological polar surface area (TPSA) is 54.0 Å². The summed E-state index contributed by atoms with van der Waals surface area (Å²) in [4.78, 5) is 15.6. The number of aryl methyl sites for hydroxylation is 1. The second-order valence-electron chi connectivity index (χ2n) is 4.38. The fraction of sp³-hybridized carbons (Fsp3) is 0.200.